The number of halogens is 1. The summed E-state index contributed by atoms with van der Waals surface area (Å²) in [5, 5.41) is 3.15. The van der Waals surface area contributed by atoms with Crippen molar-refractivity contribution in [2.45, 2.75) is 6.42 Å². The van der Waals surface area contributed by atoms with Gasteiger partial charge >= 0.3 is 0 Å². The molecule has 0 saturated carbocycles. The predicted molar refractivity (Wildman–Crippen MR) is 60.8 cm³/mol. The number of nitrogens with one attached hydrogen (secondary N) is 1. The molecular formula is C12H15FN2O. The fourth-order valence-corrected chi connectivity index (χ4v) is 1.95. The molecule has 1 aromatic carbocycles. The molecule has 86 valence electrons. The zero-order valence-electron chi connectivity index (χ0n) is 9.24. The Morgan fingerprint density at radius 1 is 1.56 bits per heavy atom. The lowest BCUT2D eigenvalue weighted by molar-refractivity contribution is -0.121. The van der Waals surface area contributed by atoms with Gasteiger partial charge in [-0.1, -0.05) is 6.07 Å². The SMILES string of the molecule is CN(C(=O)C1CCNC1)c1cccc(F)c1. The van der Waals surface area contributed by atoms with Crippen molar-refractivity contribution in [3.63, 3.8) is 0 Å². The third kappa shape index (κ3) is 2.22. The molecule has 1 amide bonds. The summed E-state index contributed by atoms with van der Waals surface area (Å²) < 4.78 is 13.0. The molecule has 0 aromatic heterocycles. The topological polar surface area (TPSA) is 32.3 Å². The van der Waals surface area contributed by atoms with Crippen molar-refractivity contribution < 1.29 is 9.18 Å². The lowest BCUT2D eigenvalue weighted by atomic mass is 10.1. The number of carbonyl (C=O) groups is 1. The molecular weight excluding hydrogens is 207 g/mol. The monoisotopic (exact) mass is 222 g/mol. The van der Waals surface area contributed by atoms with Crippen LogP contribution in [0.4, 0.5) is 10.1 Å². The number of nitrogens with zero attached hydrogens (tertiary/aromatic N) is 1. The zero-order chi connectivity index (χ0) is 11.5. The average molecular weight is 222 g/mol. The number of hydrogen-bond donors (Lipinski definition) is 1. The van der Waals surface area contributed by atoms with Gasteiger partial charge < -0.3 is 10.2 Å². The standard InChI is InChI=1S/C12H15FN2O/c1-15(11-4-2-3-10(13)7-11)12(16)9-5-6-14-8-9/h2-4,7,9,14H,5-6,8H2,1H3. The van der Waals surface area contributed by atoms with E-state index < -0.39 is 0 Å². The molecule has 0 spiro atoms. The van der Waals surface area contributed by atoms with E-state index in [9.17, 15) is 9.18 Å². The first-order valence-electron chi connectivity index (χ1n) is 5.42. The summed E-state index contributed by atoms with van der Waals surface area (Å²) in [5.41, 5.74) is 0.608. The molecule has 3 nitrogen and oxygen atoms in total. The maximum atomic E-state index is 13.0. The van der Waals surface area contributed by atoms with Gasteiger partial charge in [-0.05, 0) is 31.2 Å². The zero-order valence-corrected chi connectivity index (χ0v) is 9.24. The molecule has 0 bridgehead atoms. The molecule has 1 N–H and O–H groups in total. The molecule has 1 aliphatic rings. The Morgan fingerprint density at radius 2 is 2.38 bits per heavy atom. The van der Waals surface area contributed by atoms with Gasteiger partial charge in [0.15, 0.2) is 0 Å². The van der Waals surface area contributed by atoms with Crippen LogP contribution >= 0.6 is 0 Å². The van der Waals surface area contributed by atoms with Gasteiger partial charge in [0.25, 0.3) is 0 Å². The lowest BCUT2D eigenvalue weighted by Gasteiger charge is -2.20. The van der Waals surface area contributed by atoms with Crippen molar-refractivity contribution in [2.24, 2.45) is 5.92 Å². The molecule has 1 saturated heterocycles. The molecule has 4 heteroatoms. The van der Waals surface area contributed by atoms with Gasteiger partial charge in [0.05, 0.1) is 5.92 Å². The second-order valence-electron chi connectivity index (χ2n) is 4.07. The summed E-state index contributed by atoms with van der Waals surface area (Å²) in [6.45, 7) is 1.60. The Bertz CT molecular complexity index is 388. The van der Waals surface area contributed by atoms with Crippen LogP contribution in [0.5, 0.6) is 0 Å². The molecule has 1 atom stereocenters. The second-order valence-corrected chi connectivity index (χ2v) is 4.07. The molecule has 16 heavy (non-hydrogen) atoms. The third-order valence-corrected chi connectivity index (χ3v) is 2.94. The smallest absolute Gasteiger partial charge is 0.231 e. The minimum Gasteiger partial charge on any atom is -0.316 e. The summed E-state index contributed by atoms with van der Waals surface area (Å²) in [6.07, 6.45) is 0.860. The van der Waals surface area contributed by atoms with E-state index in [0.717, 1.165) is 19.5 Å². The fraction of sp³-hybridized carbons (Fsp3) is 0.417. The lowest BCUT2D eigenvalue weighted by Crippen LogP contribution is -2.33. The molecule has 1 aromatic rings. The normalized spacial score (nSPS) is 19.8. The maximum Gasteiger partial charge on any atom is 0.231 e. The van der Waals surface area contributed by atoms with Crippen LogP contribution in [0.3, 0.4) is 0 Å². The van der Waals surface area contributed by atoms with Crippen LogP contribution in [0, 0.1) is 11.7 Å². The number of carbonyl (C=O) groups excluding carboxylic acids is 1. The van der Waals surface area contributed by atoms with Crippen LogP contribution < -0.4 is 10.2 Å². The fourth-order valence-electron chi connectivity index (χ4n) is 1.95. The van der Waals surface area contributed by atoms with E-state index in [1.807, 2.05) is 0 Å². The molecule has 0 aliphatic carbocycles. The minimum atomic E-state index is -0.318. The molecule has 1 aliphatic heterocycles. The number of anilines is 1. The van der Waals surface area contributed by atoms with Crippen molar-refractivity contribution >= 4 is 11.6 Å². The summed E-state index contributed by atoms with van der Waals surface area (Å²) in [5.74, 6) is -0.245. The van der Waals surface area contributed by atoms with Crippen LogP contribution in [0.15, 0.2) is 24.3 Å². The predicted octanol–water partition coefficient (Wildman–Crippen LogP) is 1.40. The highest BCUT2D eigenvalue weighted by Gasteiger charge is 2.25. The number of hydrogen-bond acceptors (Lipinski definition) is 2. The van der Waals surface area contributed by atoms with Gasteiger partial charge in [-0.3, -0.25) is 4.79 Å². The van der Waals surface area contributed by atoms with Crippen molar-refractivity contribution in [2.75, 3.05) is 25.0 Å². The third-order valence-electron chi connectivity index (χ3n) is 2.94. The van der Waals surface area contributed by atoms with Gasteiger partial charge in [-0.2, -0.15) is 0 Å². The number of amides is 1. The quantitative estimate of drug-likeness (QED) is 0.820. The van der Waals surface area contributed by atoms with E-state index >= 15 is 0 Å². The average Bonchev–Trinajstić information content (AvgIpc) is 2.80. The Hall–Kier alpha value is -1.42. The minimum absolute atomic E-state index is 0.0215. The molecule has 1 unspecified atom stereocenters. The van der Waals surface area contributed by atoms with E-state index in [0.29, 0.717) is 5.69 Å². The van der Waals surface area contributed by atoms with E-state index in [1.165, 1.54) is 17.0 Å². The first-order chi connectivity index (χ1) is 7.68. The van der Waals surface area contributed by atoms with Crippen LogP contribution in [0.25, 0.3) is 0 Å². The summed E-state index contributed by atoms with van der Waals surface area (Å²) in [4.78, 5) is 13.5. The Kier molecular flexibility index (Phi) is 3.19. The van der Waals surface area contributed by atoms with Gasteiger partial charge in [0.1, 0.15) is 5.82 Å². The van der Waals surface area contributed by atoms with E-state index in [-0.39, 0.29) is 17.6 Å². The second kappa shape index (κ2) is 4.61. The Labute approximate surface area is 94.3 Å². The Morgan fingerprint density at radius 3 is 3.00 bits per heavy atom. The first-order valence-corrected chi connectivity index (χ1v) is 5.42. The van der Waals surface area contributed by atoms with Crippen molar-refractivity contribution in [1.82, 2.24) is 5.32 Å². The van der Waals surface area contributed by atoms with Crippen molar-refractivity contribution in [1.29, 1.82) is 0 Å². The van der Waals surface area contributed by atoms with E-state index in [2.05, 4.69) is 5.32 Å². The van der Waals surface area contributed by atoms with Crippen LogP contribution in [0.2, 0.25) is 0 Å². The summed E-state index contributed by atoms with van der Waals surface area (Å²) in [6, 6.07) is 6.10. The summed E-state index contributed by atoms with van der Waals surface area (Å²) >= 11 is 0. The first kappa shape index (κ1) is 11.1. The molecule has 1 heterocycles. The van der Waals surface area contributed by atoms with Gasteiger partial charge in [-0.15, -0.1) is 0 Å². The largest absolute Gasteiger partial charge is 0.316 e. The van der Waals surface area contributed by atoms with E-state index in [1.54, 1.807) is 19.2 Å². The number of benzene rings is 1. The molecule has 0 radical (unpaired) electrons. The molecule has 1 fully saturated rings. The van der Waals surface area contributed by atoms with Gasteiger partial charge in [-0.25, -0.2) is 4.39 Å². The maximum absolute atomic E-state index is 13.0. The van der Waals surface area contributed by atoms with Crippen molar-refractivity contribution in [3.05, 3.63) is 30.1 Å². The molecule has 2 rings (SSSR count). The van der Waals surface area contributed by atoms with Gasteiger partial charge in [0.2, 0.25) is 5.91 Å². The van der Waals surface area contributed by atoms with Gasteiger partial charge in [0, 0.05) is 19.3 Å². The van der Waals surface area contributed by atoms with E-state index in [4.69, 9.17) is 0 Å². The summed E-state index contributed by atoms with van der Waals surface area (Å²) in [7, 11) is 1.69. The van der Waals surface area contributed by atoms with Crippen LogP contribution in [-0.2, 0) is 4.79 Å². The Balaban J connectivity index is 2.11. The van der Waals surface area contributed by atoms with Crippen LogP contribution in [0.1, 0.15) is 6.42 Å². The highest BCUT2D eigenvalue weighted by molar-refractivity contribution is 5.94. The number of rotatable bonds is 2. The van der Waals surface area contributed by atoms with Crippen molar-refractivity contribution in [3.8, 4) is 0 Å². The van der Waals surface area contributed by atoms with Crippen LogP contribution in [-0.4, -0.2) is 26.0 Å². The highest BCUT2D eigenvalue weighted by atomic mass is 19.1. The highest BCUT2D eigenvalue weighted by Crippen LogP contribution is 2.18.